The molecule has 0 aliphatic heterocycles. The van der Waals surface area contributed by atoms with Gasteiger partial charge in [-0.25, -0.2) is 14.2 Å². The number of rotatable bonds is 5. The number of hydrogen-bond acceptors (Lipinski definition) is 5. The second-order valence-corrected chi connectivity index (χ2v) is 6.77. The van der Waals surface area contributed by atoms with E-state index in [0.717, 1.165) is 5.56 Å². The van der Waals surface area contributed by atoms with E-state index in [4.69, 9.17) is 4.74 Å². The molecule has 3 aromatic rings. The van der Waals surface area contributed by atoms with Crippen molar-refractivity contribution >= 4 is 40.1 Å². The van der Waals surface area contributed by atoms with Crippen LogP contribution in [0, 0.1) is 12.7 Å². The third kappa shape index (κ3) is 4.69. The van der Waals surface area contributed by atoms with Crippen molar-refractivity contribution in [3.8, 4) is 5.75 Å². The quantitative estimate of drug-likeness (QED) is 0.350. The van der Waals surface area contributed by atoms with Gasteiger partial charge >= 0.3 is 5.97 Å². The fraction of sp³-hybridized carbons (Fsp3) is 0.0952. The average molecular weight is 396 g/mol. The summed E-state index contributed by atoms with van der Waals surface area (Å²) in [6.07, 6.45) is 2.74. The molecule has 0 aliphatic carbocycles. The Morgan fingerprint density at radius 2 is 1.96 bits per heavy atom. The van der Waals surface area contributed by atoms with Gasteiger partial charge in [0.2, 0.25) is 5.91 Å². The minimum atomic E-state index is -0.544. The maximum Gasteiger partial charge on any atom is 0.336 e. The third-order valence-electron chi connectivity index (χ3n) is 3.71. The highest BCUT2D eigenvalue weighted by Crippen LogP contribution is 2.31. The van der Waals surface area contributed by atoms with Gasteiger partial charge in [0.05, 0.1) is 11.4 Å². The largest absolute Gasteiger partial charge is 0.423 e. The van der Waals surface area contributed by atoms with Crippen LogP contribution in [-0.2, 0) is 9.59 Å². The molecule has 2 aromatic carbocycles. The van der Waals surface area contributed by atoms with E-state index in [9.17, 15) is 14.0 Å². The zero-order chi connectivity index (χ0) is 20.1. The lowest BCUT2D eigenvalue weighted by molar-refractivity contribution is -0.128. The Morgan fingerprint density at radius 1 is 1.18 bits per heavy atom. The topological polar surface area (TPSA) is 59.5 Å². The lowest BCUT2D eigenvalue weighted by atomic mass is 10.2. The van der Waals surface area contributed by atoms with Crippen molar-refractivity contribution in [3.63, 3.8) is 0 Å². The summed E-state index contributed by atoms with van der Waals surface area (Å²) in [5.41, 5.74) is 1.57. The molecule has 0 N–H and O–H groups in total. The molecule has 0 fully saturated rings. The van der Waals surface area contributed by atoms with Crippen LogP contribution in [0.4, 0.5) is 15.2 Å². The van der Waals surface area contributed by atoms with E-state index in [1.54, 1.807) is 35.7 Å². The van der Waals surface area contributed by atoms with Crippen molar-refractivity contribution in [2.45, 2.75) is 13.8 Å². The maximum atomic E-state index is 14.1. The van der Waals surface area contributed by atoms with Gasteiger partial charge in [-0.2, -0.15) is 0 Å². The van der Waals surface area contributed by atoms with E-state index < -0.39 is 11.8 Å². The summed E-state index contributed by atoms with van der Waals surface area (Å²) < 4.78 is 19.3. The summed E-state index contributed by atoms with van der Waals surface area (Å²) in [7, 11) is 0. The summed E-state index contributed by atoms with van der Waals surface area (Å²) in [6.45, 7) is 3.24. The van der Waals surface area contributed by atoms with E-state index in [1.807, 2.05) is 13.0 Å². The Labute approximate surface area is 165 Å². The van der Waals surface area contributed by atoms with Crippen LogP contribution in [-0.4, -0.2) is 16.9 Å². The van der Waals surface area contributed by atoms with E-state index in [2.05, 4.69) is 4.98 Å². The molecule has 0 atom stereocenters. The van der Waals surface area contributed by atoms with Crippen molar-refractivity contribution in [2.24, 2.45) is 0 Å². The first kappa shape index (κ1) is 19.4. The number of anilines is 2. The zero-order valence-corrected chi connectivity index (χ0v) is 16.1. The smallest absolute Gasteiger partial charge is 0.336 e. The summed E-state index contributed by atoms with van der Waals surface area (Å²) in [5.74, 6) is -0.978. The predicted molar refractivity (Wildman–Crippen MR) is 107 cm³/mol. The van der Waals surface area contributed by atoms with E-state index in [0.29, 0.717) is 16.6 Å². The zero-order valence-electron chi connectivity index (χ0n) is 15.3. The molecule has 1 amide bonds. The Morgan fingerprint density at radius 3 is 2.68 bits per heavy atom. The molecule has 0 bridgehead atoms. The fourth-order valence-electron chi connectivity index (χ4n) is 2.48. The standard InChI is InChI=1S/C21H17FN2O3S/c1-14-6-5-7-17(12-14)27-20(26)11-10-16-13-28-21(23-16)24(15(2)25)19-9-4-3-8-18(19)22/h3-13H,1-2H3/b11-10+. The van der Waals surface area contributed by atoms with Crippen LogP contribution in [0.3, 0.4) is 0 Å². The molecular formula is C21H17FN2O3S. The monoisotopic (exact) mass is 396 g/mol. The number of ether oxygens (including phenoxy) is 1. The van der Waals surface area contributed by atoms with Crippen molar-refractivity contribution in [1.82, 2.24) is 4.98 Å². The number of amides is 1. The first-order valence-corrected chi connectivity index (χ1v) is 9.29. The summed E-state index contributed by atoms with van der Waals surface area (Å²) in [6, 6.07) is 13.1. The van der Waals surface area contributed by atoms with Crippen LogP contribution in [0.5, 0.6) is 5.75 Å². The minimum absolute atomic E-state index is 0.124. The third-order valence-corrected chi connectivity index (χ3v) is 4.55. The number of para-hydroxylation sites is 1. The maximum absolute atomic E-state index is 14.1. The highest BCUT2D eigenvalue weighted by atomic mass is 32.1. The second kappa shape index (κ2) is 8.58. The van der Waals surface area contributed by atoms with Crippen molar-refractivity contribution in [2.75, 3.05) is 4.90 Å². The number of carbonyl (C=O) groups excluding carboxylic acids is 2. The average Bonchev–Trinajstić information content (AvgIpc) is 3.10. The van der Waals surface area contributed by atoms with Crippen LogP contribution in [0.1, 0.15) is 18.2 Å². The normalized spacial score (nSPS) is 10.8. The first-order valence-electron chi connectivity index (χ1n) is 8.41. The number of aromatic nitrogens is 1. The van der Waals surface area contributed by atoms with Gasteiger partial charge in [0.15, 0.2) is 5.13 Å². The molecule has 7 heteroatoms. The summed E-state index contributed by atoms with van der Waals surface area (Å²) >= 11 is 1.17. The van der Waals surface area contributed by atoms with E-state index >= 15 is 0 Å². The van der Waals surface area contributed by atoms with Crippen LogP contribution >= 0.6 is 11.3 Å². The van der Waals surface area contributed by atoms with Crippen molar-refractivity contribution in [1.29, 1.82) is 0 Å². The van der Waals surface area contributed by atoms with E-state index in [1.165, 1.54) is 47.4 Å². The van der Waals surface area contributed by atoms with E-state index in [-0.39, 0.29) is 11.6 Å². The number of nitrogens with zero attached hydrogens (tertiary/aromatic N) is 2. The highest BCUT2D eigenvalue weighted by Gasteiger charge is 2.20. The minimum Gasteiger partial charge on any atom is -0.423 e. The molecule has 0 spiro atoms. The summed E-state index contributed by atoms with van der Waals surface area (Å²) in [5, 5.41) is 1.98. The lowest BCUT2D eigenvalue weighted by Gasteiger charge is -2.18. The molecule has 142 valence electrons. The van der Waals surface area contributed by atoms with Gasteiger partial charge in [-0.1, -0.05) is 24.3 Å². The Kier molecular flexibility index (Phi) is 5.96. The number of benzene rings is 2. The highest BCUT2D eigenvalue weighted by molar-refractivity contribution is 7.14. The number of aryl methyl sites for hydroxylation is 1. The van der Waals surface area contributed by atoms with Gasteiger partial charge in [0, 0.05) is 18.4 Å². The second-order valence-electron chi connectivity index (χ2n) is 5.93. The van der Waals surface area contributed by atoms with Gasteiger partial charge < -0.3 is 4.74 Å². The van der Waals surface area contributed by atoms with Crippen LogP contribution in [0.15, 0.2) is 60.0 Å². The Hall–Kier alpha value is -3.32. The first-order chi connectivity index (χ1) is 13.4. The molecule has 0 radical (unpaired) electrons. The van der Waals surface area contributed by atoms with Crippen LogP contribution in [0.25, 0.3) is 6.08 Å². The molecule has 0 saturated heterocycles. The Balaban J connectivity index is 1.75. The molecule has 28 heavy (non-hydrogen) atoms. The van der Waals surface area contributed by atoms with Crippen molar-refractivity contribution in [3.05, 3.63) is 77.1 Å². The van der Waals surface area contributed by atoms with Gasteiger partial charge in [-0.3, -0.25) is 9.69 Å². The Bertz CT molecular complexity index is 1050. The SMILES string of the molecule is CC(=O)N(c1nc(/C=C/C(=O)Oc2cccc(C)c2)cs1)c1ccccc1F. The number of thiazole rings is 1. The number of esters is 1. The number of carbonyl (C=O) groups is 2. The van der Waals surface area contributed by atoms with Gasteiger partial charge in [-0.15, -0.1) is 11.3 Å². The van der Waals surface area contributed by atoms with Gasteiger partial charge in [-0.05, 0) is 42.8 Å². The fourth-order valence-corrected chi connectivity index (χ4v) is 3.33. The van der Waals surface area contributed by atoms with Crippen LogP contribution in [0.2, 0.25) is 0 Å². The molecule has 0 aliphatic rings. The number of halogens is 1. The molecule has 1 aromatic heterocycles. The molecule has 0 saturated carbocycles. The van der Waals surface area contributed by atoms with Gasteiger partial charge in [0.25, 0.3) is 0 Å². The molecule has 0 unspecified atom stereocenters. The molecular weight excluding hydrogens is 379 g/mol. The summed E-state index contributed by atoms with van der Waals surface area (Å²) in [4.78, 5) is 29.5. The predicted octanol–water partition coefficient (Wildman–Crippen LogP) is 4.89. The molecule has 3 rings (SSSR count). The van der Waals surface area contributed by atoms with Gasteiger partial charge in [0.1, 0.15) is 11.6 Å². The molecule has 1 heterocycles. The molecule has 5 nitrogen and oxygen atoms in total. The lowest BCUT2D eigenvalue weighted by Crippen LogP contribution is -2.23. The van der Waals surface area contributed by atoms with Crippen molar-refractivity contribution < 1.29 is 18.7 Å². The number of hydrogen-bond donors (Lipinski definition) is 0. The van der Waals surface area contributed by atoms with Crippen LogP contribution < -0.4 is 9.64 Å².